The van der Waals surface area contributed by atoms with Crippen LogP contribution in [0.2, 0.25) is 0 Å². The number of hydrazine groups is 1. The standard InChI is InChI=1S/C17H21N3O3/c18-15(17(21)22)16(20-19)23-14-8-4-7-13(11-14)10-9-12-5-2-1-3-6-12/h4,7-8,11-12,20H,1-3,5-6,18-19H2,(H,21,22)/b16-15+. The molecule has 0 heterocycles. The molecule has 1 aliphatic carbocycles. The van der Waals surface area contributed by atoms with Gasteiger partial charge in [-0.25, -0.2) is 10.6 Å². The van der Waals surface area contributed by atoms with E-state index in [0.717, 1.165) is 18.4 Å². The van der Waals surface area contributed by atoms with Crippen LogP contribution in [0.5, 0.6) is 5.75 Å². The third kappa shape index (κ3) is 4.94. The van der Waals surface area contributed by atoms with E-state index in [-0.39, 0.29) is 5.88 Å². The average molecular weight is 315 g/mol. The minimum atomic E-state index is -1.31. The molecule has 1 fully saturated rings. The second-order valence-corrected chi connectivity index (χ2v) is 5.43. The molecule has 1 aliphatic rings. The number of nitrogens with one attached hydrogen (secondary N) is 1. The molecule has 2 rings (SSSR count). The molecule has 0 aliphatic heterocycles. The lowest BCUT2D eigenvalue weighted by molar-refractivity contribution is -0.132. The summed E-state index contributed by atoms with van der Waals surface area (Å²) in [7, 11) is 0. The number of aliphatic carboxylic acids is 1. The van der Waals surface area contributed by atoms with E-state index >= 15 is 0 Å². The molecule has 0 aromatic heterocycles. The van der Waals surface area contributed by atoms with Gasteiger partial charge in [-0.15, -0.1) is 0 Å². The van der Waals surface area contributed by atoms with Crippen molar-refractivity contribution < 1.29 is 14.6 Å². The van der Waals surface area contributed by atoms with E-state index in [1.54, 1.807) is 18.2 Å². The van der Waals surface area contributed by atoms with Crippen LogP contribution in [0, 0.1) is 17.8 Å². The Labute approximate surface area is 135 Å². The fourth-order valence-corrected chi connectivity index (χ4v) is 2.45. The van der Waals surface area contributed by atoms with Crippen LogP contribution in [0.1, 0.15) is 37.7 Å². The van der Waals surface area contributed by atoms with Crippen molar-refractivity contribution in [3.05, 3.63) is 41.4 Å². The fraction of sp³-hybridized carbons (Fsp3) is 0.353. The molecule has 6 heteroatoms. The first-order valence-corrected chi connectivity index (χ1v) is 7.59. The highest BCUT2D eigenvalue weighted by molar-refractivity contribution is 5.85. The molecule has 0 unspecified atom stereocenters. The van der Waals surface area contributed by atoms with Crippen molar-refractivity contribution in [2.75, 3.05) is 0 Å². The van der Waals surface area contributed by atoms with Gasteiger partial charge in [-0.05, 0) is 31.0 Å². The topological polar surface area (TPSA) is 111 Å². The fourth-order valence-electron chi connectivity index (χ4n) is 2.45. The molecule has 0 amide bonds. The molecule has 0 radical (unpaired) electrons. The number of benzene rings is 1. The van der Waals surface area contributed by atoms with Gasteiger partial charge in [-0.3, -0.25) is 5.43 Å². The molecule has 0 bridgehead atoms. The molecule has 0 saturated heterocycles. The third-order valence-corrected chi connectivity index (χ3v) is 3.69. The van der Waals surface area contributed by atoms with E-state index in [9.17, 15) is 4.79 Å². The average Bonchev–Trinajstić information content (AvgIpc) is 2.58. The molecule has 0 atom stereocenters. The van der Waals surface area contributed by atoms with Crippen molar-refractivity contribution in [2.24, 2.45) is 17.5 Å². The Morgan fingerprint density at radius 3 is 2.70 bits per heavy atom. The lowest BCUT2D eigenvalue weighted by Crippen LogP contribution is -2.31. The molecule has 6 N–H and O–H groups in total. The van der Waals surface area contributed by atoms with Crippen LogP contribution in [0.25, 0.3) is 0 Å². The maximum atomic E-state index is 10.9. The van der Waals surface area contributed by atoms with E-state index < -0.39 is 11.7 Å². The number of carboxylic acid groups (broad SMARTS) is 1. The Morgan fingerprint density at radius 1 is 1.30 bits per heavy atom. The Kier molecular flexibility index (Phi) is 5.89. The van der Waals surface area contributed by atoms with Crippen LogP contribution in [0.4, 0.5) is 0 Å². The predicted octanol–water partition coefficient (Wildman–Crippen LogP) is 1.67. The van der Waals surface area contributed by atoms with Crippen LogP contribution in [0.3, 0.4) is 0 Å². The number of hydrogen-bond acceptors (Lipinski definition) is 5. The Morgan fingerprint density at radius 2 is 2.04 bits per heavy atom. The summed E-state index contributed by atoms with van der Waals surface area (Å²) >= 11 is 0. The van der Waals surface area contributed by atoms with E-state index in [0.29, 0.717) is 11.7 Å². The van der Waals surface area contributed by atoms with Gasteiger partial charge in [-0.2, -0.15) is 0 Å². The summed E-state index contributed by atoms with van der Waals surface area (Å²) in [5.74, 6) is 11.0. The molecular weight excluding hydrogens is 294 g/mol. The zero-order chi connectivity index (χ0) is 16.7. The first-order chi connectivity index (χ1) is 11.1. The monoisotopic (exact) mass is 315 g/mol. The van der Waals surface area contributed by atoms with Crippen LogP contribution in [-0.4, -0.2) is 11.1 Å². The van der Waals surface area contributed by atoms with Gasteiger partial charge in [0.05, 0.1) is 0 Å². The first-order valence-electron chi connectivity index (χ1n) is 7.59. The molecule has 6 nitrogen and oxygen atoms in total. The van der Waals surface area contributed by atoms with Gasteiger partial charge in [0.2, 0.25) is 5.88 Å². The Balaban J connectivity index is 2.12. The third-order valence-electron chi connectivity index (χ3n) is 3.69. The van der Waals surface area contributed by atoms with Gasteiger partial charge in [-0.1, -0.05) is 37.2 Å². The normalized spacial score (nSPS) is 15.9. The van der Waals surface area contributed by atoms with E-state index in [1.807, 2.05) is 6.07 Å². The SMILES string of the molecule is NN/C(Oc1cccc(C#CC2CCCCC2)c1)=C(\N)C(=O)O. The number of hydrogen-bond donors (Lipinski definition) is 4. The van der Waals surface area contributed by atoms with Crippen LogP contribution < -0.4 is 21.7 Å². The van der Waals surface area contributed by atoms with Gasteiger partial charge in [0.15, 0.2) is 5.70 Å². The largest absolute Gasteiger partial charge is 0.476 e. The summed E-state index contributed by atoms with van der Waals surface area (Å²) in [5.41, 5.74) is 7.86. The number of carboxylic acids is 1. The minimum absolute atomic E-state index is 0.213. The number of carbonyl (C=O) groups is 1. The smallest absolute Gasteiger partial charge is 0.357 e. The molecule has 1 aromatic rings. The van der Waals surface area contributed by atoms with Gasteiger partial charge in [0, 0.05) is 11.5 Å². The quantitative estimate of drug-likeness (QED) is 0.221. The second-order valence-electron chi connectivity index (χ2n) is 5.43. The van der Waals surface area contributed by atoms with Gasteiger partial charge in [0.1, 0.15) is 5.75 Å². The van der Waals surface area contributed by atoms with Crippen molar-refractivity contribution in [1.82, 2.24) is 5.43 Å². The molecular formula is C17H21N3O3. The second kappa shape index (κ2) is 8.11. The van der Waals surface area contributed by atoms with Gasteiger partial charge >= 0.3 is 5.97 Å². The highest BCUT2D eigenvalue weighted by Gasteiger charge is 2.12. The zero-order valence-electron chi connectivity index (χ0n) is 12.8. The number of nitrogens with two attached hydrogens (primary N) is 2. The summed E-state index contributed by atoms with van der Waals surface area (Å²) < 4.78 is 5.39. The zero-order valence-corrected chi connectivity index (χ0v) is 12.8. The number of ether oxygens (including phenoxy) is 1. The van der Waals surface area contributed by atoms with E-state index in [4.69, 9.17) is 21.4 Å². The maximum Gasteiger partial charge on any atom is 0.357 e. The minimum Gasteiger partial charge on any atom is -0.476 e. The summed E-state index contributed by atoms with van der Waals surface area (Å²) in [6.45, 7) is 0. The Hall–Kier alpha value is -2.65. The van der Waals surface area contributed by atoms with Crippen molar-refractivity contribution >= 4 is 5.97 Å². The lowest BCUT2D eigenvalue weighted by atomic mass is 9.90. The molecule has 1 saturated carbocycles. The van der Waals surface area contributed by atoms with Crippen molar-refractivity contribution in [3.8, 4) is 17.6 Å². The predicted molar refractivity (Wildman–Crippen MR) is 86.7 cm³/mol. The van der Waals surface area contributed by atoms with Crippen molar-refractivity contribution in [2.45, 2.75) is 32.1 Å². The maximum absolute atomic E-state index is 10.9. The Bertz CT molecular complexity index is 653. The van der Waals surface area contributed by atoms with E-state index in [2.05, 4.69) is 17.3 Å². The summed E-state index contributed by atoms with van der Waals surface area (Å²) in [4.78, 5) is 10.9. The van der Waals surface area contributed by atoms with Gasteiger partial charge < -0.3 is 15.6 Å². The molecule has 1 aromatic carbocycles. The summed E-state index contributed by atoms with van der Waals surface area (Å²) in [6, 6.07) is 7.06. The first kappa shape index (κ1) is 16.7. The van der Waals surface area contributed by atoms with Crippen molar-refractivity contribution in [3.63, 3.8) is 0 Å². The molecule has 0 spiro atoms. The highest BCUT2D eigenvalue weighted by Crippen LogP contribution is 2.23. The number of rotatable bonds is 4. The summed E-state index contributed by atoms with van der Waals surface area (Å²) in [5, 5.41) is 8.86. The van der Waals surface area contributed by atoms with Crippen LogP contribution >= 0.6 is 0 Å². The van der Waals surface area contributed by atoms with Gasteiger partial charge in [0.25, 0.3) is 0 Å². The molecule has 122 valence electrons. The van der Waals surface area contributed by atoms with Crippen LogP contribution in [0.15, 0.2) is 35.8 Å². The lowest BCUT2D eigenvalue weighted by Gasteiger charge is -2.15. The van der Waals surface area contributed by atoms with Crippen molar-refractivity contribution in [1.29, 1.82) is 0 Å². The highest BCUT2D eigenvalue weighted by atomic mass is 16.5. The van der Waals surface area contributed by atoms with E-state index in [1.165, 1.54) is 19.3 Å². The summed E-state index contributed by atoms with van der Waals surface area (Å²) in [6.07, 6.45) is 6.10. The van der Waals surface area contributed by atoms with Crippen LogP contribution in [-0.2, 0) is 4.79 Å². The molecule has 23 heavy (non-hydrogen) atoms.